The van der Waals surface area contributed by atoms with Crippen LogP contribution in [0.5, 0.6) is 0 Å². The number of carboxylic acid groups (broad SMARTS) is 1. The summed E-state index contributed by atoms with van der Waals surface area (Å²) in [6.07, 6.45) is 1.89. The van der Waals surface area contributed by atoms with Gasteiger partial charge < -0.3 is 44.0 Å². The van der Waals surface area contributed by atoms with Crippen molar-refractivity contribution in [3.63, 3.8) is 0 Å². The fourth-order valence-electron chi connectivity index (χ4n) is 2.56. The Kier molecular flexibility index (Phi) is 14.8. The summed E-state index contributed by atoms with van der Waals surface area (Å²) < 4.78 is 0. The monoisotopic (exact) mass is 476 g/mol. The lowest BCUT2D eigenvalue weighted by Gasteiger charge is -2.24. The lowest BCUT2D eigenvalue weighted by atomic mass is 10.1. The Morgan fingerprint density at radius 2 is 1.44 bits per heavy atom. The van der Waals surface area contributed by atoms with E-state index in [1.807, 2.05) is 0 Å². The summed E-state index contributed by atoms with van der Waals surface area (Å²) in [5.41, 5.74) is 21.5. The lowest BCUT2D eigenvalue weighted by Crippen LogP contribution is -2.57. The third kappa shape index (κ3) is 12.3. The highest BCUT2D eigenvalue weighted by atomic mass is 32.1. The maximum atomic E-state index is 12.7. The van der Waals surface area contributed by atoms with Gasteiger partial charge in [0, 0.05) is 12.3 Å². The molecule has 0 aliphatic carbocycles. The van der Waals surface area contributed by atoms with Crippen LogP contribution in [0.15, 0.2) is 4.99 Å². The van der Waals surface area contributed by atoms with Crippen molar-refractivity contribution in [1.82, 2.24) is 16.0 Å². The Hall–Kier alpha value is -2.58. The minimum atomic E-state index is -1.19. The van der Waals surface area contributed by atoms with Crippen LogP contribution in [0.1, 0.15) is 39.0 Å². The molecule has 0 heterocycles. The van der Waals surface area contributed by atoms with Crippen LogP contribution >= 0.6 is 12.6 Å². The number of nitrogens with two attached hydrogens (primary N) is 4. The summed E-state index contributed by atoms with van der Waals surface area (Å²) >= 11 is 4.08. The number of rotatable bonds is 16. The first-order valence-corrected chi connectivity index (χ1v) is 10.9. The zero-order chi connectivity index (χ0) is 24.7. The van der Waals surface area contributed by atoms with Gasteiger partial charge in [0.05, 0.1) is 6.04 Å². The Bertz CT molecular complexity index is 657. The van der Waals surface area contributed by atoms with Crippen molar-refractivity contribution in [3.8, 4) is 0 Å². The van der Waals surface area contributed by atoms with E-state index in [-0.39, 0.29) is 31.1 Å². The number of unbranched alkanes of at least 4 members (excludes halogenated alkanes) is 1. The van der Waals surface area contributed by atoms with Crippen LogP contribution in [-0.4, -0.2) is 77.8 Å². The van der Waals surface area contributed by atoms with Gasteiger partial charge in [-0.1, -0.05) is 0 Å². The molecule has 0 aliphatic rings. The molecule has 0 saturated carbocycles. The van der Waals surface area contributed by atoms with Crippen molar-refractivity contribution in [2.75, 3.05) is 18.8 Å². The van der Waals surface area contributed by atoms with E-state index in [1.165, 1.54) is 6.92 Å². The van der Waals surface area contributed by atoms with Gasteiger partial charge in [0.2, 0.25) is 17.7 Å². The fraction of sp³-hybridized carbons (Fsp3) is 0.722. The first-order chi connectivity index (χ1) is 15.0. The van der Waals surface area contributed by atoms with Gasteiger partial charge in [-0.3, -0.25) is 19.4 Å². The lowest BCUT2D eigenvalue weighted by molar-refractivity contribution is -0.142. The molecule has 184 valence electrons. The summed E-state index contributed by atoms with van der Waals surface area (Å²) in [4.78, 5) is 52.5. The quantitative estimate of drug-likeness (QED) is 0.0476. The molecule has 0 aromatic carbocycles. The van der Waals surface area contributed by atoms with Crippen LogP contribution in [0.25, 0.3) is 0 Å². The van der Waals surface area contributed by atoms with E-state index in [4.69, 9.17) is 22.9 Å². The molecule has 0 aromatic rings. The highest BCUT2D eigenvalue weighted by Crippen LogP contribution is 2.04. The predicted octanol–water partition coefficient (Wildman–Crippen LogP) is -3.01. The van der Waals surface area contributed by atoms with Gasteiger partial charge >= 0.3 is 5.97 Å². The number of aliphatic carboxylic acids is 1. The third-order valence-corrected chi connectivity index (χ3v) is 4.73. The minimum absolute atomic E-state index is 0.0886. The normalized spacial score (nSPS) is 14.4. The number of guanidine groups is 1. The highest BCUT2D eigenvalue weighted by Gasteiger charge is 2.29. The molecular weight excluding hydrogens is 440 g/mol. The van der Waals surface area contributed by atoms with Gasteiger partial charge in [0.15, 0.2) is 5.96 Å². The van der Waals surface area contributed by atoms with E-state index in [2.05, 4.69) is 33.6 Å². The Labute approximate surface area is 192 Å². The molecule has 4 unspecified atom stereocenters. The second-order valence-electron chi connectivity index (χ2n) is 7.23. The van der Waals surface area contributed by atoms with Gasteiger partial charge in [0.25, 0.3) is 0 Å². The average molecular weight is 477 g/mol. The van der Waals surface area contributed by atoms with Gasteiger partial charge in [-0.25, -0.2) is 4.79 Å². The molecule has 0 radical (unpaired) electrons. The van der Waals surface area contributed by atoms with Crippen LogP contribution in [-0.2, 0) is 19.2 Å². The molecule has 4 atom stereocenters. The molecule has 13 nitrogen and oxygen atoms in total. The molecule has 0 bridgehead atoms. The van der Waals surface area contributed by atoms with Crippen molar-refractivity contribution in [3.05, 3.63) is 0 Å². The van der Waals surface area contributed by atoms with Crippen LogP contribution < -0.4 is 38.9 Å². The van der Waals surface area contributed by atoms with Gasteiger partial charge in [-0.05, 0) is 45.6 Å². The zero-order valence-corrected chi connectivity index (χ0v) is 19.1. The van der Waals surface area contributed by atoms with E-state index in [9.17, 15) is 24.3 Å². The number of carbonyl (C=O) groups is 4. The molecule has 0 aromatic heterocycles. The summed E-state index contributed by atoms with van der Waals surface area (Å²) in [5.74, 6) is -3.28. The van der Waals surface area contributed by atoms with Crippen LogP contribution in [0, 0.1) is 0 Å². The summed E-state index contributed by atoms with van der Waals surface area (Å²) in [6.45, 7) is 2.11. The van der Waals surface area contributed by atoms with Crippen molar-refractivity contribution in [2.45, 2.75) is 63.2 Å². The molecular formula is C18H36N8O5S. The largest absolute Gasteiger partial charge is 0.480 e. The van der Waals surface area contributed by atoms with Gasteiger partial charge in [-0.2, -0.15) is 12.6 Å². The number of hydrogen-bond donors (Lipinski definition) is 9. The van der Waals surface area contributed by atoms with Crippen LogP contribution in [0.3, 0.4) is 0 Å². The van der Waals surface area contributed by atoms with Crippen molar-refractivity contribution >= 4 is 42.3 Å². The molecule has 32 heavy (non-hydrogen) atoms. The summed E-state index contributed by atoms with van der Waals surface area (Å²) in [7, 11) is 0. The number of amides is 3. The minimum Gasteiger partial charge on any atom is -0.480 e. The predicted molar refractivity (Wildman–Crippen MR) is 124 cm³/mol. The Morgan fingerprint density at radius 1 is 0.906 bits per heavy atom. The fourth-order valence-corrected chi connectivity index (χ4v) is 2.82. The third-order valence-electron chi connectivity index (χ3n) is 4.37. The first kappa shape index (κ1) is 29.4. The zero-order valence-electron chi connectivity index (χ0n) is 18.3. The number of carbonyl (C=O) groups excluding carboxylic acids is 3. The molecule has 3 amide bonds. The second-order valence-corrected chi connectivity index (χ2v) is 7.59. The van der Waals surface area contributed by atoms with E-state index < -0.39 is 47.9 Å². The van der Waals surface area contributed by atoms with Crippen molar-refractivity contribution < 1.29 is 24.3 Å². The smallest absolute Gasteiger partial charge is 0.326 e. The van der Waals surface area contributed by atoms with Gasteiger partial charge in [-0.15, -0.1) is 0 Å². The topological polar surface area (TPSA) is 241 Å². The molecule has 0 spiro atoms. The van der Waals surface area contributed by atoms with Crippen molar-refractivity contribution in [1.29, 1.82) is 0 Å². The molecule has 14 heteroatoms. The Balaban J connectivity index is 5.15. The summed E-state index contributed by atoms with van der Waals surface area (Å²) in [5, 5.41) is 16.7. The number of hydrogen-bond acceptors (Lipinski definition) is 8. The molecule has 12 N–H and O–H groups in total. The first-order valence-electron chi connectivity index (χ1n) is 10.3. The van der Waals surface area contributed by atoms with E-state index >= 15 is 0 Å². The van der Waals surface area contributed by atoms with Crippen LogP contribution in [0.4, 0.5) is 0 Å². The highest BCUT2D eigenvalue weighted by molar-refractivity contribution is 7.80. The summed E-state index contributed by atoms with van der Waals surface area (Å²) in [6, 6.07) is -4.09. The van der Waals surface area contributed by atoms with E-state index in [1.54, 1.807) is 0 Å². The van der Waals surface area contributed by atoms with Crippen molar-refractivity contribution in [2.24, 2.45) is 27.9 Å². The van der Waals surface area contributed by atoms with Gasteiger partial charge in [0.1, 0.15) is 18.1 Å². The number of carboxylic acids is 1. The Morgan fingerprint density at radius 3 is 1.94 bits per heavy atom. The second kappa shape index (κ2) is 16.1. The maximum absolute atomic E-state index is 12.7. The average Bonchev–Trinajstić information content (AvgIpc) is 2.72. The number of nitrogens with zero attached hydrogens (tertiary/aromatic N) is 1. The molecule has 0 fully saturated rings. The molecule has 0 rings (SSSR count). The van der Waals surface area contributed by atoms with E-state index in [0.717, 1.165) is 0 Å². The number of nitrogens with one attached hydrogen (secondary N) is 3. The van der Waals surface area contributed by atoms with E-state index in [0.29, 0.717) is 25.8 Å². The molecule has 0 saturated heterocycles. The SMILES string of the molecule is CC(N)C(=O)NC(CCCN=C(N)N)C(=O)NC(CS)C(=O)NC(CCCCN)C(=O)O. The van der Waals surface area contributed by atoms with Crippen LogP contribution in [0.2, 0.25) is 0 Å². The molecule has 0 aliphatic heterocycles. The standard InChI is InChI=1S/C18H36N8O5S/c1-10(20)14(27)24-11(6-4-8-23-18(21)22)15(28)26-13(9-32)16(29)25-12(17(30)31)5-2-3-7-19/h10-13,32H,2-9,19-20H2,1H3,(H,24,27)(H,25,29)(H,26,28)(H,30,31)(H4,21,22,23). The number of thiol groups is 1. The maximum Gasteiger partial charge on any atom is 0.326 e. The number of aliphatic imine (C=N–C) groups is 1.